The molecule has 36 heavy (non-hydrogen) atoms. The summed E-state index contributed by atoms with van der Waals surface area (Å²) < 4.78 is 232. The number of hydrogen-bond donors (Lipinski definition) is 0. The van der Waals surface area contributed by atoms with Gasteiger partial charge in [0.2, 0.25) is 6.33 Å². The first-order valence-corrected chi connectivity index (χ1v) is 10.5. The lowest BCUT2D eigenvalue weighted by Gasteiger charge is -2.22. The molecule has 1 aromatic heterocycles. The van der Waals surface area contributed by atoms with Gasteiger partial charge in [0, 0.05) is 0 Å². The van der Waals surface area contributed by atoms with Gasteiger partial charge in [-0.1, -0.05) is 0 Å². The molecule has 1 aromatic rings. The van der Waals surface area contributed by atoms with Crippen LogP contribution in [0.2, 0.25) is 0 Å². The summed E-state index contributed by atoms with van der Waals surface area (Å²) in [7, 11) is -13.4. The van der Waals surface area contributed by atoms with E-state index in [1.165, 1.54) is 0 Å². The van der Waals surface area contributed by atoms with Crippen LogP contribution in [-0.2, 0) is 33.1 Å². The van der Waals surface area contributed by atoms with E-state index in [1.54, 1.807) is 0 Å². The van der Waals surface area contributed by atoms with Gasteiger partial charge in [-0.25, -0.2) is 26.0 Å². The van der Waals surface area contributed by atoms with Gasteiger partial charge in [-0.05, 0) is 0 Å². The first-order valence-electron chi connectivity index (χ1n) is 7.67. The maximum atomic E-state index is 12.7. The number of nitrogens with zero attached hydrogens (tertiary/aromatic N) is 3. The molecule has 0 fully saturated rings. The minimum atomic E-state index is -6.72. The second-order valence-electron chi connectivity index (χ2n) is 6.08. The Hall–Kier alpha value is -2.05. The molecule has 0 amide bonds. The molecule has 0 radical (unpaired) electrons. The highest BCUT2D eigenvalue weighted by atomic mass is 32.3. The van der Waals surface area contributed by atoms with E-state index in [2.05, 4.69) is 0 Å². The Labute approximate surface area is 188 Å². The highest BCUT2D eigenvalue weighted by molar-refractivity contribution is 8.13. The lowest BCUT2D eigenvalue weighted by molar-refractivity contribution is -0.719. The van der Waals surface area contributed by atoms with Gasteiger partial charge in [-0.15, -0.1) is 0 Å². The molecule has 0 saturated heterocycles. The molecule has 0 aromatic carbocycles. The minimum absolute atomic E-state index is 0.167. The normalized spacial score (nSPS) is 14.9. The molecule has 214 valence electrons. The molecule has 0 spiro atoms. The molecule has 0 aliphatic carbocycles. The zero-order valence-electron chi connectivity index (χ0n) is 16.0. The average Bonchev–Trinajstić information content (AvgIpc) is 2.95. The fourth-order valence-electron chi connectivity index (χ4n) is 1.48. The van der Waals surface area contributed by atoms with Crippen molar-refractivity contribution >= 4 is 20.0 Å². The van der Waals surface area contributed by atoms with Gasteiger partial charge >= 0.3 is 35.2 Å². The summed E-state index contributed by atoms with van der Waals surface area (Å²) in [5.74, 6) is -10.3. The fourth-order valence-corrected chi connectivity index (χ4v) is 3.19. The number of hydrogen-bond acceptors (Lipinski definition) is 4. The van der Waals surface area contributed by atoms with E-state index in [1.807, 2.05) is 0 Å². The Balaban J connectivity index is 0.000000723. The predicted molar refractivity (Wildman–Crippen MR) is 79.9 cm³/mol. The zero-order chi connectivity index (χ0) is 29.4. The van der Waals surface area contributed by atoms with Crippen molar-refractivity contribution < 1.29 is 91.6 Å². The quantitative estimate of drug-likeness (QED) is 0.355. The van der Waals surface area contributed by atoms with Crippen LogP contribution in [0.3, 0.4) is 0 Å². The molecule has 25 heteroatoms. The second-order valence-corrected chi connectivity index (χ2v) is 9.50. The molecule has 0 atom stereocenters. The van der Waals surface area contributed by atoms with E-state index in [0.717, 1.165) is 4.13 Å². The van der Waals surface area contributed by atoms with Crippen LogP contribution in [0.4, 0.5) is 70.2 Å². The molecule has 1 heterocycles. The summed E-state index contributed by atoms with van der Waals surface area (Å²) in [6.45, 7) is -3.86. The number of aromatic nitrogens is 2. The van der Waals surface area contributed by atoms with E-state index in [9.17, 15) is 87.1 Å². The van der Waals surface area contributed by atoms with Crippen LogP contribution in [0, 0.1) is 0 Å². The van der Waals surface area contributed by atoms with E-state index in [4.69, 9.17) is 0 Å². The Bertz CT molecular complexity index is 1010. The highest BCUT2D eigenvalue weighted by Gasteiger charge is 2.60. The minimum Gasteiger partial charge on any atom is -0.421 e. The SMILES string of the molecule is FC(F)(F)C(F)(F)Cn1cc[n+](CC(F)(F)C(F)(F)F)c1.O=S(=O)([N-]S(=O)(=O)C(F)(F)F)C(F)(F)F. The molecule has 7 nitrogen and oxygen atoms in total. The first kappa shape index (κ1) is 34.0. The fraction of sp³-hybridized carbons (Fsp3) is 0.727. The molecule has 0 bridgehead atoms. The third-order valence-corrected chi connectivity index (χ3v) is 5.86. The van der Waals surface area contributed by atoms with Crippen LogP contribution in [-0.4, -0.2) is 56.6 Å². The van der Waals surface area contributed by atoms with Gasteiger partial charge in [-0.3, -0.25) is 0 Å². The van der Waals surface area contributed by atoms with Gasteiger partial charge in [0.15, 0.2) is 33.1 Å². The first-order chi connectivity index (χ1) is 15.4. The predicted octanol–water partition coefficient (Wildman–Crippen LogP) is 4.23. The molecule has 0 aliphatic heterocycles. The van der Waals surface area contributed by atoms with Crippen molar-refractivity contribution in [1.82, 2.24) is 4.57 Å². The smallest absolute Gasteiger partial charge is 0.421 e. The number of rotatable bonds is 6. The van der Waals surface area contributed by atoms with Gasteiger partial charge in [0.05, 0.1) is 0 Å². The van der Waals surface area contributed by atoms with Crippen LogP contribution in [0.25, 0.3) is 4.13 Å². The van der Waals surface area contributed by atoms with Crippen molar-refractivity contribution in [2.45, 2.75) is 48.3 Å². The summed E-state index contributed by atoms with van der Waals surface area (Å²) in [6.07, 6.45) is -10.4. The Morgan fingerprint density at radius 3 is 1.31 bits per heavy atom. The monoisotopic (exact) mass is 613 g/mol. The van der Waals surface area contributed by atoms with Crippen LogP contribution in [0.15, 0.2) is 18.7 Å². The number of halogens is 16. The van der Waals surface area contributed by atoms with E-state index in [-0.39, 0.29) is 9.13 Å². The summed E-state index contributed by atoms with van der Waals surface area (Å²) in [6, 6.07) is 0. The standard InChI is InChI=1S/C9H7F10N2.C2F6NO4S2/c10-6(11,8(14,15)16)3-20-1-2-21(5-20)4-7(12,13)9(17,18)19;3-1(4,5)14(10,11)9-15(12,13)2(6,7)8/h1-2,5H,3-4H2;/q+1;-1. The highest BCUT2D eigenvalue weighted by Crippen LogP contribution is 2.38. The van der Waals surface area contributed by atoms with Crippen LogP contribution < -0.4 is 4.57 Å². The summed E-state index contributed by atoms with van der Waals surface area (Å²) >= 11 is 0. The van der Waals surface area contributed by atoms with E-state index >= 15 is 0 Å². The second kappa shape index (κ2) is 10.0. The van der Waals surface area contributed by atoms with Gasteiger partial charge in [0.25, 0.3) is 0 Å². The topological polar surface area (TPSA) is 91.2 Å². The molecule has 0 saturated carbocycles. The number of sulfonamides is 2. The van der Waals surface area contributed by atoms with Crippen LogP contribution in [0.1, 0.15) is 0 Å². The third-order valence-electron chi connectivity index (χ3n) is 3.12. The molecular weight excluding hydrogens is 606 g/mol. The van der Waals surface area contributed by atoms with E-state index in [0.29, 0.717) is 18.7 Å². The van der Waals surface area contributed by atoms with Crippen molar-refractivity contribution in [2.75, 3.05) is 0 Å². The molecule has 0 unspecified atom stereocenters. The average molecular weight is 613 g/mol. The maximum absolute atomic E-state index is 12.7. The van der Waals surface area contributed by atoms with Crippen molar-refractivity contribution in [2.24, 2.45) is 0 Å². The van der Waals surface area contributed by atoms with Crippen LogP contribution in [0.5, 0.6) is 0 Å². The lowest BCUT2D eigenvalue weighted by atomic mass is 10.3. The largest absolute Gasteiger partial charge is 0.480 e. The molecule has 0 N–H and O–H groups in total. The third kappa shape index (κ3) is 8.81. The van der Waals surface area contributed by atoms with E-state index < -0.39 is 68.4 Å². The van der Waals surface area contributed by atoms with Crippen molar-refractivity contribution in [3.05, 3.63) is 22.8 Å². The molecule has 0 aliphatic rings. The molecular formula is C11H7F16N3O4S2. The summed E-state index contributed by atoms with van der Waals surface area (Å²) in [5.41, 5.74) is -12.4. The number of alkyl halides is 16. The summed E-state index contributed by atoms with van der Waals surface area (Å²) in [4.78, 5) is 0. The Kier molecular flexibility index (Phi) is 9.45. The maximum Gasteiger partial charge on any atom is 0.480 e. The van der Waals surface area contributed by atoms with Gasteiger partial charge in [-0.2, -0.15) is 70.2 Å². The summed E-state index contributed by atoms with van der Waals surface area (Å²) in [5, 5.41) is 0. The van der Waals surface area contributed by atoms with Crippen molar-refractivity contribution in [3.8, 4) is 0 Å². The lowest BCUT2D eigenvalue weighted by Crippen LogP contribution is -2.50. The van der Waals surface area contributed by atoms with Crippen molar-refractivity contribution in [3.63, 3.8) is 0 Å². The zero-order valence-corrected chi connectivity index (χ0v) is 17.6. The van der Waals surface area contributed by atoms with Crippen molar-refractivity contribution in [1.29, 1.82) is 0 Å². The number of imidazole rings is 1. The Morgan fingerprint density at radius 2 is 1.00 bits per heavy atom. The Morgan fingerprint density at radius 1 is 0.639 bits per heavy atom. The van der Waals surface area contributed by atoms with Gasteiger partial charge < -0.3 is 4.13 Å². The van der Waals surface area contributed by atoms with Gasteiger partial charge in [0.1, 0.15) is 12.4 Å². The molecule has 1 rings (SSSR count). The van der Waals surface area contributed by atoms with Crippen LogP contribution >= 0.6 is 0 Å².